The fourth-order valence-electron chi connectivity index (χ4n) is 2.39. The number of nitrogens with zero attached hydrogens (tertiary/aromatic N) is 2. The van der Waals surface area contributed by atoms with Crippen molar-refractivity contribution in [2.45, 2.75) is 12.7 Å². The van der Waals surface area contributed by atoms with Crippen molar-refractivity contribution >= 4 is 16.8 Å². The number of halogens is 3. The zero-order chi connectivity index (χ0) is 17.3. The molecule has 0 atom stereocenters. The normalized spacial score (nSPS) is 11.7. The Morgan fingerprint density at radius 3 is 2.71 bits per heavy atom. The summed E-state index contributed by atoms with van der Waals surface area (Å²) in [6, 6.07) is 9.69. The maximum atomic E-state index is 12.7. The minimum atomic E-state index is -4.39. The van der Waals surface area contributed by atoms with Gasteiger partial charge in [0.1, 0.15) is 0 Å². The Balaban J connectivity index is 1.89. The van der Waals surface area contributed by atoms with Crippen LogP contribution in [0.1, 0.15) is 21.5 Å². The van der Waals surface area contributed by atoms with E-state index in [2.05, 4.69) is 5.10 Å². The average Bonchev–Trinajstić information content (AvgIpc) is 2.94. The van der Waals surface area contributed by atoms with Crippen molar-refractivity contribution in [3.63, 3.8) is 0 Å². The molecule has 1 aromatic heterocycles. The van der Waals surface area contributed by atoms with E-state index in [1.165, 1.54) is 28.4 Å². The molecule has 5 nitrogen and oxygen atoms in total. The van der Waals surface area contributed by atoms with E-state index in [4.69, 9.17) is 5.21 Å². The molecule has 2 aromatic carbocycles. The van der Waals surface area contributed by atoms with Gasteiger partial charge in [-0.3, -0.25) is 14.7 Å². The summed E-state index contributed by atoms with van der Waals surface area (Å²) in [7, 11) is 0. The van der Waals surface area contributed by atoms with Gasteiger partial charge in [0.05, 0.1) is 17.6 Å². The van der Waals surface area contributed by atoms with Gasteiger partial charge in [-0.25, -0.2) is 5.48 Å². The molecule has 24 heavy (non-hydrogen) atoms. The molecule has 1 heterocycles. The van der Waals surface area contributed by atoms with Gasteiger partial charge in [-0.05, 0) is 29.8 Å². The van der Waals surface area contributed by atoms with Crippen molar-refractivity contribution in [1.29, 1.82) is 0 Å². The maximum Gasteiger partial charge on any atom is 0.416 e. The largest absolute Gasteiger partial charge is 0.416 e. The van der Waals surface area contributed by atoms with E-state index in [0.29, 0.717) is 11.1 Å². The average molecular weight is 335 g/mol. The Hall–Kier alpha value is -2.87. The van der Waals surface area contributed by atoms with Gasteiger partial charge < -0.3 is 0 Å². The summed E-state index contributed by atoms with van der Waals surface area (Å²) in [6.07, 6.45) is -2.71. The molecule has 0 radical (unpaired) electrons. The number of fused-ring (bicyclic) bond motifs is 1. The van der Waals surface area contributed by atoms with Gasteiger partial charge in [-0.15, -0.1) is 0 Å². The van der Waals surface area contributed by atoms with Crippen LogP contribution in [0.15, 0.2) is 48.7 Å². The third-order valence-corrected chi connectivity index (χ3v) is 3.52. The van der Waals surface area contributed by atoms with E-state index >= 15 is 0 Å². The molecule has 0 bridgehead atoms. The van der Waals surface area contributed by atoms with Crippen molar-refractivity contribution < 1.29 is 23.2 Å². The minimum absolute atomic E-state index is 0.167. The first-order chi connectivity index (χ1) is 11.4. The zero-order valence-corrected chi connectivity index (χ0v) is 12.2. The highest BCUT2D eigenvalue weighted by Gasteiger charge is 2.30. The lowest BCUT2D eigenvalue weighted by molar-refractivity contribution is -0.137. The number of rotatable bonds is 3. The minimum Gasteiger partial charge on any atom is -0.288 e. The second-order valence-electron chi connectivity index (χ2n) is 5.24. The predicted molar refractivity (Wildman–Crippen MR) is 79.5 cm³/mol. The number of hydroxylamine groups is 1. The van der Waals surface area contributed by atoms with Gasteiger partial charge in [0.15, 0.2) is 0 Å². The van der Waals surface area contributed by atoms with Gasteiger partial charge >= 0.3 is 6.18 Å². The highest BCUT2D eigenvalue weighted by Crippen LogP contribution is 2.29. The summed E-state index contributed by atoms with van der Waals surface area (Å²) in [5.74, 6) is -0.663. The summed E-state index contributed by atoms with van der Waals surface area (Å²) in [5, 5.41) is 13.6. The van der Waals surface area contributed by atoms with Crippen molar-refractivity contribution in [3.05, 3.63) is 65.4 Å². The van der Waals surface area contributed by atoms with E-state index in [0.717, 1.165) is 17.5 Å². The molecule has 0 aliphatic rings. The van der Waals surface area contributed by atoms with Crippen molar-refractivity contribution in [2.75, 3.05) is 0 Å². The van der Waals surface area contributed by atoms with Crippen LogP contribution in [0.25, 0.3) is 10.9 Å². The molecule has 2 N–H and O–H groups in total. The Kier molecular flexibility index (Phi) is 3.98. The first kappa shape index (κ1) is 16.0. The molecular formula is C16H12F3N3O2. The van der Waals surface area contributed by atoms with E-state index in [1.54, 1.807) is 18.3 Å². The molecule has 0 saturated heterocycles. The van der Waals surface area contributed by atoms with Crippen LogP contribution in [0.5, 0.6) is 0 Å². The van der Waals surface area contributed by atoms with Gasteiger partial charge in [0, 0.05) is 17.1 Å². The molecule has 0 aliphatic heterocycles. The fourth-order valence-corrected chi connectivity index (χ4v) is 2.39. The number of carbonyl (C=O) groups excluding carboxylic acids is 1. The van der Waals surface area contributed by atoms with Gasteiger partial charge in [0.2, 0.25) is 0 Å². The topological polar surface area (TPSA) is 67.2 Å². The highest BCUT2D eigenvalue weighted by atomic mass is 19.4. The molecule has 0 aliphatic carbocycles. The highest BCUT2D eigenvalue weighted by molar-refractivity contribution is 5.97. The van der Waals surface area contributed by atoms with E-state index < -0.39 is 17.6 Å². The molecule has 0 unspecified atom stereocenters. The van der Waals surface area contributed by atoms with Crippen LogP contribution in [0, 0.1) is 0 Å². The molecule has 3 rings (SSSR count). The molecule has 0 saturated carbocycles. The van der Waals surface area contributed by atoms with Gasteiger partial charge in [-0.2, -0.15) is 18.3 Å². The van der Waals surface area contributed by atoms with Crippen LogP contribution < -0.4 is 5.48 Å². The van der Waals surface area contributed by atoms with Crippen molar-refractivity contribution in [1.82, 2.24) is 15.3 Å². The number of hydrogen-bond donors (Lipinski definition) is 2. The monoisotopic (exact) mass is 335 g/mol. The maximum absolute atomic E-state index is 12.7. The predicted octanol–water partition coefficient (Wildman–Crippen LogP) is 3.22. The van der Waals surface area contributed by atoms with Crippen LogP contribution in [0.4, 0.5) is 13.2 Å². The molecule has 8 heteroatoms. The molecule has 3 aromatic rings. The van der Waals surface area contributed by atoms with Crippen LogP contribution in [0.3, 0.4) is 0 Å². The van der Waals surface area contributed by atoms with Crippen molar-refractivity contribution in [2.24, 2.45) is 0 Å². The number of hydrogen-bond acceptors (Lipinski definition) is 3. The Labute approximate surface area is 134 Å². The molecule has 1 amide bonds. The van der Waals surface area contributed by atoms with E-state index in [1.807, 2.05) is 0 Å². The second-order valence-corrected chi connectivity index (χ2v) is 5.24. The third-order valence-electron chi connectivity index (χ3n) is 3.52. The van der Waals surface area contributed by atoms with E-state index in [9.17, 15) is 18.0 Å². The first-order valence-corrected chi connectivity index (χ1v) is 6.94. The summed E-state index contributed by atoms with van der Waals surface area (Å²) in [4.78, 5) is 11.4. The number of aromatic nitrogens is 2. The number of alkyl halides is 3. The summed E-state index contributed by atoms with van der Waals surface area (Å²) in [6.45, 7) is 0.167. The summed E-state index contributed by atoms with van der Waals surface area (Å²) >= 11 is 0. The second kappa shape index (κ2) is 5.97. The molecule has 0 spiro atoms. The molecule has 0 fully saturated rings. The smallest absolute Gasteiger partial charge is 0.288 e. The van der Waals surface area contributed by atoms with Crippen molar-refractivity contribution in [3.8, 4) is 0 Å². The number of benzene rings is 2. The first-order valence-electron chi connectivity index (χ1n) is 6.94. The Morgan fingerprint density at radius 1 is 1.21 bits per heavy atom. The summed E-state index contributed by atoms with van der Waals surface area (Å²) < 4.78 is 39.7. The lowest BCUT2D eigenvalue weighted by atomic mass is 10.1. The number of nitrogens with one attached hydrogen (secondary N) is 1. The fraction of sp³-hybridized carbons (Fsp3) is 0.125. The SMILES string of the molecule is O=C(NO)c1ccc2cn(Cc3cccc(C(F)(F)F)c3)nc2c1. The number of carbonyl (C=O) groups is 1. The summed E-state index contributed by atoms with van der Waals surface area (Å²) in [5.41, 5.74) is 2.02. The van der Waals surface area contributed by atoms with Crippen LogP contribution in [-0.2, 0) is 12.7 Å². The third kappa shape index (κ3) is 3.23. The lowest BCUT2D eigenvalue weighted by Crippen LogP contribution is -2.18. The number of amides is 1. The standard InChI is InChI=1S/C16H12F3N3O2/c17-16(18,19)13-3-1-2-10(6-13)8-22-9-12-5-4-11(15(23)21-24)7-14(12)20-22/h1-7,9,24H,8H2,(H,21,23). The van der Waals surface area contributed by atoms with Gasteiger partial charge in [0.25, 0.3) is 5.91 Å². The zero-order valence-electron chi connectivity index (χ0n) is 12.2. The molecule has 124 valence electrons. The van der Waals surface area contributed by atoms with Crippen LogP contribution >= 0.6 is 0 Å². The van der Waals surface area contributed by atoms with E-state index in [-0.39, 0.29) is 12.1 Å². The van der Waals surface area contributed by atoms with Crippen LogP contribution in [0.2, 0.25) is 0 Å². The Bertz CT molecular complexity index is 903. The lowest BCUT2D eigenvalue weighted by Gasteiger charge is -2.08. The quantitative estimate of drug-likeness (QED) is 0.570. The van der Waals surface area contributed by atoms with Gasteiger partial charge in [-0.1, -0.05) is 18.2 Å². The molecular weight excluding hydrogens is 323 g/mol. The Morgan fingerprint density at radius 2 is 2.00 bits per heavy atom. The van der Waals surface area contributed by atoms with Crippen LogP contribution in [-0.4, -0.2) is 20.9 Å².